The fourth-order valence-corrected chi connectivity index (χ4v) is 3.79. The molecule has 2 aromatic rings. The lowest BCUT2D eigenvalue weighted by Crippen LogP contribution is -2.54. The van der Waals surface area contributed by atoms with Crippen LogP contribution in [0, 0.1) is 17.2 Å². The Labute approximate surface area is 163 Å². The topological polar surface area (TPSA) is 138 Å². The second-order valence-electron chi connectivity index (χ2n) is 7.37. The molecule has 1 aliphatic rings. The van der Waals surface area contributed by atoms with Crippen LogP contribution in [0.25, 0.3) is 10.9 Å². The molecule has 0 aliphatic carbocycles. The maximum absolute atomic E-state index is 12.3. The van der Waals surface area contributed by atoms with Gasteiger partial charge in [0.1, 0.15) is 6.07 Å². The van der Waals surface area contributed by atoms with Crippen LogP contribution in [0.5, 0.6) is 0 Å². The summed E-state index contributed by atoms with van der Waals surface area (Å²) in [5.74, 6) is -0.629. The third-order valence-corrected chi connectivity index (χ3v) is 4.97. The standard InChI is InChI=1S/C20H24N6O2/c1-12-7-14(25-20(28)16(22)8-18(23)27)11-26(10-12)17-5-4-13(9-21)19-15(17)3-2-6-24-19/h2-6,12,14,16H,7-8,10-11,22H2,1H3,(H2,23,27)(H,25,28)/t12-,14+,16-/m0/s1. The fraction of sp³-hybridized carbons (Fsp3) is 0.400. The monoisotopic (exact) mass is 380 g/mol. The Morgan fingerprint density at radius 3 is 2.89 bits per heavy atom. The van der Waals surface area contributed by atoms with Crippen LogP contribution < -0.4 is 21.7 Å². The number of nitriles is 1. The number of fused-ring (bicyclic) bond motifs is 1. The number of nitrogens with zero attached hydrogens (tertiary/aromatic N) is 3. The quantitative estimate of drug-likeness (QED) is 0.696. The number of nitrogens with one attached hydrogen (secondary N) is 1. The highest BCUT2D eigenvalue weighted by Gasteiger charge is 2.28. The summed E-state index contributed by atoms with van der Waals surface area (Å²) in [4.78, 5) is 29.8. The van der Waals surface area contributed by atoms with Crippen LogP contribution in [0.2, 0.25) is 0 Å². The van der Waals surface area contributed by atoms with Gasteiger partial charge in [0, 0.05) is 36.4 Å². The van der Waals surface area contributed by atoms with Crippen molar-refractivity contribution in [2.24, 2.45) is 17.4 Å². The van der Waals surface area contributed by atoms with Crippen LogP contribution in [-0.4, -0.2) is 42.0 Å². The highest BCUT2D eigenvalue weighted by molar-refractivity contribution is 5.95. The molecule has 3 rings (SSSR count). The van der Waals surface area contributed by atoms with Gasteiger partial charge >= 0.3 is 0 Å². The summed E-state index contributed by atoms with van der Waals surface area (Å²) in [5, 5.41) is 13.2. The first-order valence-electron chi connectivity index (χ1n) is 9.26. The minimum atomic E-state index is -0.942. The SMILES string of the molecule is C[C@H]1C[C@@H](NC(=O)[C@@H](N)CC(N)=O)CN(c2ccc(C#N)c3ncccc23)C1. The van der Waals surface area contributed by atoms with Crippen molar-refractivity contribution in [2.45, 2.75) is 31.8 Å². The van der Waals surface area contributed by atoms with Gasteiger partial charge in [-0.2, -0.15) is 5.26 Å². The molecule has 2 heterocycles. The summed E-state index contributed by atoms with van der Waals surface area (Å²) in [6, 6.07) is 8.65. The molecule has 1 aromatic carbocycles. The van der Waals surface area contributed by atoms with E-state index >= 15 is 0 Å². The average Bonchev–Trinajstić information content (AvgIpc) is 2.66. The summed E-state index contributed by atoms with van der Waals surface area (Å²) in [7, 11) is 0. The smallest absolute Gasteiger partial charge is 0.237 e. The number of piperidine rings is 1. The normalized spacial score (nSPS) is 20.4. The van der Waals surface area contributed by atoms with Gasteiger partial charge in [-0.15, -0.1) is 0 Å². The Bertz CT molecular complexity index is 938. The van der Waals surface area contributed by atoms with Gasteiger partial charge in [0.25, 0.3) is 0 Å². The maximum atomic E-state index is 12.3. The molecule has 0 saturated carbocycles. The molecule has 28 heavy (non-hydrogen) atoms. The van der Waals surface area contributed by atoms with Crippen LogP contribution in [-0.2, 0) is 9.59 Å². The number of carbonyl (C=O) groups excluding carboxylic acids is 2. The molecule has 1 aromatic heterocycles. The van der Waals surface area contributed by atoms with Crippen molar-refractivity contribution in [3.63, 3.8) is 0 Å². The van der Waals surface area contributed by atoms with E-state index in [1.807, 2.05) is 18.2 Å². The summed E-state index contributed by atoms with van der Waals surface area (Å²) in [6.45, 7) is 3.56. The minimum Gasteiger partial charge on any atom is -0.370 e. The number of rotatable bonds is 5. The summed E-state index contributed by atoms with van der Waals surface area (Å²) < 4.78 is 0. The first-order valence-corrected chi connectivity index (χ1v) is 9.26. The molecule has 0 radical (unpaired) electrons. The molecule has 0 bridgehead atoms. The van der Waals surface area contributed by atoms with Crippen molar-refractivity contribution in [1.29, 1.82) is 5.26 Å². The largest absolute Gasteiger partial charge is 0.370 e. The number of primary amides is 1. The molecule has 0 spiro atoms. The second-order valence-corrected chi connectivity index (χ2v) is 7.37. The van der Waals surface area contributed by atoms with Crippen molar-refractivity contribution in [1.82, 2.24) is 10.3 Å². The van der Waals surface area contributed by atoms with Crippen LogP contribution >= 0.6 is 0 Å². The molecular formula is C20H24N6O2. The van der Waals surface area contributed by atoms with Crippen LogP contribution in [0.4, 0.5) is 5.69 Å². The lowest BCUT2D eigenvalue weighted by atomic mass is 9.94. The van der Waals surface area contributed by atoms with Crippen LogP contribution in [0.1, 0.15) is 25.3 Å². The van der Waals surface area contributed by atoms with E-state index in [9.17, 15) is 14.9 Å². The third kappa shape index (κ3) is 4.21. The zero-order valence-corrected chi connectivity index (χ0v) is 15.8. The Balaban J connectivity index is 1.82. The number of aromatic nitrogens is 1. The van der Waals surface area contributed by atoms with Crippen LogP contribution in [0.3, 0.4) is 0 Å². The van der Waals surface area contributed by atoms with Gasteiger partial charge in [-0.05, 0) is 36.6 Å². The lowest BCUT2D eigenvalue weighted by Gasteiger charge is -2.39. The highest BCUT2D eigenvalue weighted by Crippen LogP contribution is 2.31. The number of hydrogen-bond acceptors (Lipinski definition) is 6. The predicted octanol–water partition coefficient (Wildman–Crippen LogP) is 0.640. The van der Waals surface area contributed by atoms with Gasteiger partial charge in [-0.25, -0.2) is 0 Å². The minimum absolute atomic E-state index is 0.0995. The summed E-state index contributed by atoms with van der Waals surface area (Å²) in [5.41, 5.74) is 13.1. The molecule has 5 N–H and O–H groups in total. The van der Waals surface area contributed by atoms with Crippen LogP contribution in [0.15, 0.2) is 30.5 Å². The number of anilines is 1. The Kier molecular flexibility index (Phi) is 5.76. The van der Waals surface area contributed by atoms with Crippen molar-refractivity contribution in [3.05, 3.63) is 36.0 Å². The first kappa shape index (κ1) is 19.6. The predicted molar refractivity (Wildman–Crippen MR) is 106 cm³/mol. The molecule has 8 nitrogen and oxygen atoms in total. The van der Waals surface area contributed by atoms with Gasteiger partial charge in [-0.3, -0.25) is 14.6 Å². The van der Waals surface area contributed by atoms with Crippen molar-refractivity contribution in [3.8, 4) is 6.07 Å². The number of benzene rings is 1. The maximum Gasteiger partial charge on any atom is 0.237 e. The van der Waals surface area contributed by atoms with E-state index in [1.165, 1.54) is 0 Å². The van der Waals surface area contributed by atoms with E-state index < -0.39 is 11.9 Å². The Hall–Kier alpha value is -3.18. The summed E-state index contributed by atoms with van der Waals surface area (Å²) >= 11 is 0. The Morgan fingerprint density at radius 2 is 2.18 bits per heavy atom. The molecule has 3 atom stereocenters. The van der Waals surface area contributed by atoms with Crippen molar-refractivity contribution >= 4 is 28.4 Å². The van der Waals surface area contributed by atoms with Crippen molar-refractivity contribution < 1.29 is 9.59 Å². The number of pyridine rings is 1. The van der Waals surface area contributed by atoms with E-state index in [2.05, 4.69) is 28.2 Å². The number of amides is 2. The molecule has 8 heteroatoms. The number of nitrogens with two attached hydrogens (primary N) is 2. The third-order valence-electron chi connectivity index (χ3n) is 4.97. The van der Waals surface area contributed by atoms with Gasteiger partial charge in [-0.1, -0.05) is 6.92 Å². The lowest BCUT2D eigenvalue weighted by molar-refractivity contribution is -0.126. The molecule has 1 saturated heterocycles. The first-order chi connectivity index (χ1) is 13.4. The summed E-state index contributed by atoms with van der Waals surface area (Å²) in [6.07, 6.45) is 2.32. The molecule has 1 aliphatic heterocycles. The van der Waals surface area contributed by atoms with E-state index in [1.54, 1.807) is 12.3 Å². The van der Waals surface area contributed by atoms with E-state index in [4.69, 9.17) is 11.5 Å². The molecule has 2 amide bonds. The highest BCUT2D eigenvalue weighted by atomic mass is 16.2. The number of carbonyl (C=O) groups is 2. The zero-order chi connectivity index (χ0) is 20.3. The second kappa shape index (κ2) is 8.23. The number of hydrogen-bond donors (Lipinski definition) is 3. The van der Waals surface area contributed by atoms with Gasteiger partial charge < -0.3 is 21.7 Å². The van der Waals surface area contributed by atoms with Gasteiger partial charge in [0.15, 0.2) is 0 Å². The zero-order valence-electron chi connectivity index (χ0n) is 15.8. The molecule has 1 fully saturated rings. The molecular weight excluding hydrogens is 356 g/mol. The fourth-order valence-electron chi connectivity index (χ4n) is 3.79. The van der Waals surface area contributed by atoms with E-state index in [-0.39, 0.29) is 18.4 Å². The molecule has 0 unspecified atom stereocenters. The molecule has 146 valence electrons. The van der Waals surface area contributed by atoms with E-state index in [0.29, 0.717) is 23.5 Å². The van der Waals surface area contributed by atoms with Gasteiger partial charge in [0.2, 0.25) is 11.8 Å². The van der Waals surface area contributed by atoms with E-state index in [0.717, 1.165) is 24.0 Å². The van der Waals surface area contributed by atoms with Gasteiger partial charge in [0.05, 0.1) is 23.5 Å². The van der Waals surface area contributed by atoms with Crippen molar-refractivity contribution in [2.75, 3.05) is 18.0 Å². The Morgan fingerprint density at radius 1 is 1.39 bits per heavy atom. The average molecular weight is 380 g/mol.